The first-order valence-corrected chi connectivity index (χ1v) is 4.43. The van der Waals surface area contributed by atoms with Crippen LogP contribution in [0.4, 0.5) is 17.3 Å². The lowest BCUT2D eigenvalue weighted by atomic mass is 10.3. The van der Waals surface area contributed by atoms with Crippen molar-refractivity contribution in [1.29, 1.82) is 0 Å². The van der Waals surface area contributed by atoms with Gasteiger partial charge >= 0.3 is 5.82 Å². The Bertz CT molecular complexity index is 376. The minimum absolute atomic E-state index is 0.119. The van der Waals surface area contributed by atoms with Gasteiger partial charge < -0.3 is 19.9 Å². The molecule has 0 unspecified atom stereocenters. The lowest BCUT2D eigenvalue weighted by molar-refractivity contribution is -0.388. The van der Waals surface area contributed by atoms with Crippen LogP contribution in [0.1, 0.15) is 0 Å². The number of hydrogen-bond acceptors (Lipinski definition) is 5. The largest absolute Gasteiger partial charge is 0.389 e. The highest BCUT2D eigenvalue weighted by Gasteiger charge is 2.19. The standard InChI is InChI=1S/C9H14N4O2/c1-11(2)7-5-6-8(12(3)4)10-9(7)13(14)15/h5-6H,1-4H3. The minimum Gasteiger partial charge on any atom is -0.371 e. The second kappa shape index (κ2) is 4.12. The average molecular weight is 210 g/mol. The molecule has 0 saturated carbocycles. The predicted octanol–water partition coefficient (Wildman–Crippen LogP) is 1.12. The van der Waals surface area contributed by atoms with Crippen LogP contribution >= 0.6 is 0 Å². The van der Waals surface area contributed by atoms with E-state index in [2.05, 4.69) is 4.98 Å². The van der Waals surface area contributed by atoms with E-state index in [-0.39, 0.29) is 5.82 Å². The van der Waals surface area contributed by atoms with Gasteiger partial charge in [0.1, 0.15) is 5.69 Å². The first-order chi connectivity index (χ1) is 6.93. The van der Waals surface area contributed by atoms with E-state index in [0.717, 1.165) is 0 Å². The first-order valence-electron chi connectivity index (χ1n) is 4.43. The van der Waals surface area contributed by atoms with Crippen molar-refractivity contribution in [1.82, 2.24) is 4.98 Å². The Morgan fingerprint density at radius 1 is 1.20 bits per heavy atom. The summed E-state index contributed by atoms with van der Waals surface area (Å²) in [6.45, 7) is 0. The van der Waals surface area contributed by atoms with E-state index in [4.69, 9.17) is 0 Å². The number of nitrogens with zero attached hydrogens (tertiary/aromatic N) is 4. The van der Waals surface area contributed by atoms with Crippen LogP contribution in [0.5, 0.6) is 0 Å². The summed E-state index contributed by atoms with van der Waals surface area (Å²) in [5.41, 5.74) is 0.505. The molecule has 0 radical (unpaired) electrons. The molecular formula is C9H14N4O2. The maximum Gasteiger partial charge on any atom is 0.389 e. The molecule has 6 heteroatoms. The molecule has 0 atom stereocenters. The molecule has 6 nitrogen and oxygen atoms in total. The molecule has 0 saturated heterocycles. The van der Waals surface area contributed by atoms with Gasteiger partial charge in [-0.1, -0.05) is 0 Å². The fourth-order valence-electron chi connectivity index (χ4n) is 1.16. The summed E-state index contributed by atoms with van der Waals surface area (Å²) < 4.78 is 0. The van der Waals surface area contributed by atoms with Crippen LogP contribution in [0.3, 0.4) is 0 Å². The summed E-state index contributed by atoms with van der Waals surface area (Å²) in [6, 6.07) is 3.45. The second-order valence-electron chi connectivity index (χ2n) is 3.56. The van der Waals surface area contributed by atoms with Crippen molar-refractivity contribution in [3.8, 4) is 0 Å². The average Bonchev–Trinajstić information content (AvgIpc) is 2.16. The molecule has 0 aliphatic carbocycles. The van der Waals surface area contributed by atoms with Gasteiger partial charge in [0.15, 0.2) is 0 Å². The maximum absolute atomic E-state index is 10.8. The van der Waals surface area contributed by atoms with Crippen molar-refractivity contribution in [2.45, 2.75) is 0 Å². The topological polar surface area (TPSA) is 62.5 Å². The summed E-state index contributed by atoms with van der Waals surface area (Å²) in [6.07, 6.45) is 0. The van der Waals surface area contributed by atoms with Crippen LogP contribution in [0.25, 0.3) is 0 Å². The predicted molar refractivity (Wildman–Crippen MR) is 59.5 cm³/mol. The summed E-state index contributed by atoms with van der Waals surface area (Å²) in [7, 11) is 7.08. The van der Waals surface area contributed by atoms with Crippen molar-refractivity contribution < 1.29 is 4.92 Å². The Hall–Kier alpha value is -1.85. The van der Waals surface area contributed by atoms with Gasteiger partial charge in [-0.25, -0.2) is 0 Å². The Balaban J connectivity index is 3.27. The number of nitro groups is 1. The van der Waals surface area contributed by atoms with E-state index >= 15 is 0 Å². The zero-order valence-electron chi connectivity index (χ0n) is 9.26. The zero-order valence-corrected chi connectivity index (χ0v) is 9.26. The number of anilines is 2. The van der Waals surface area contributed by atoms with Crippen LogP contribution in [-0.2, 0) is 0 Å². The molecule has 0 N–H and O–H groups in total. The van der Waals surface area contributed by atoms with Gasteiger partial charge in [-0.3, -0.25) is 0 Å². The van der Waals surface area contributed by atoms with E-state index in [0.29, 0.717) is 11.5 Å². The lowest BCUT2D eigenvalue weighted by Gasteiger charge is -2.13. The molecule has 1 aromatic heterocycles. The quantitative estimate of drug-likeness (QED) is 0.552. The molecule has 82 valence electrons. The molecule has 0 spiro atoms. The van der Waals surface area contributed by atoms with Gasteiger partial charge in [-0.15, -0.1) is 0 Å². The number of pyridine rings is 1. The Morgan fingerprint density at radius 2 is 1.80 bits per heavy atom. The van der Waals surface area contributed by atoms with Crippen molar-refractivity contribution in [3.05, 3.63) is 22.2 Å². The highest BCUT2D eigenvalue weighted by molar-refractivity contribution is 5.62. The van der Waals surface area contributed by atoms with Crippen LogP contribution in [0, 0.1) is 10.1 Å². The first kappa shape index (κ1) is 11.2. The molecule has 15 heavy (non-hydrogen) atoms. The third-order valence-corrected chi connectivity index (χ3v) is 1.95. The van der Waals surface area contributed by atoms with Gasteiger partial charge in [-0.2, -0.15) is 0 Å². The molecule has 0 fully saturated rings. The molecule has 0 aromatic carbocycles. The van der Waals surface area contributed by atoms with Crippen LogP contribution in [0.15, 0.2) is 12.1 Å². The van der Waals surface area contributed by atoms with Crippen LogP contribution in [0.2, 0.25) is 0 Å². The molecule has 0 bridgehead atoms. The van der Waals surface area contributed by atoms with Crippen molar-refractivity contribution in [2.24, 2.45) is 0 Å². The van der Waals surface area contributed by atoms with E-state index in [1.807, 2.05) is 0 Å². The zero-order chi connectivity index (χ0) is 11.6. The second-order valence-corrected chi connectivity index (χ2v) is 3.56. The Morgan fingerprint density at radius 3 is 2.20 bits per heavy atom. The van der Waals surface area contributed by atoms with Crippen molar-refractivity contribution in [2.75, 3.05) is 38.0 Å². The molecule has 0 amide bonds. The molecule has 1 rings (SSSR count). The van der Waals surface area contributed by atoms with Gasteiger partial charge in [0.05, 0.1) is 0 Å². The van der Waals surface area contributed by atoms with E-state index in [1.165, 1.54) is 0 Å². The van der Waals surface area contributed by atoms with Gasteiger partial charge in [0, 0.05) is 34.3 Å². The summed E-state index contributed by atoms with van der Waals surface area (Å²) in [4.78, 5) is 17.7. The lowest BCUT2D eigenvalue weighted by Crippen LogP contribution is -2.15. The number of aromatic nitrogens is 1. The Kier molecular flexibility index (Phi) is 3.08. The van der Waals surface area contributed by atoms with Crippen LogP contribution < -0.4 is 9.80 Å². The molecule has 0 aliphatic heterocycles. The summed E-state index contributed by atoms with van der Waals surface area (Å²) in [5, 5.41) is 10.8. The molecule has 1 heterocycles. The van der Waals surface area contributed by atoms with Crippen molar-refractivity contribution >= 4 is 17.3 Å². The van der Waals surface area contributed by atoms with Gasteiger partial charge in [0.2, 0.25) is 5.82 Å². The minimum atomic E-state index is -0.470. The molecule has 0 aliphatic rings. The van der Waals surface area contributed by atoms with E-state index in [1.54, 1.807) is 50.1 Å². The normalized spacial score (nSPS) is 9.87. The van der Waals surface area contributed by atoms with Gasteiger partial charge in [0.25, 0.3) is 0 Å². The van der Waals surface area contributed by atoms with Gasteiger partial charge in [-0.05, 0) is 16.0 Å². The van der Waals surface area contributed by atoms with E-state index in [9.17, 15) is 10.1 Å². The smallest absolute Gasteiger partial charge is 0.371 e. The van der Waals surface area contributed by atoms with Crippen LogP contribution in [-0.4, -0.2) is 38.1 Å². The highest BCUT2D eigenvalue weighted by Crippen LogP contribution is 2.26. The highest BCUT2D eigenvalue weighted by atomic mass is 16.6. The maximum atomic E-state index is 10.8. The third kappa shape index (κ3) is 2.34. The fraction of sp³-hybridized carbons (Fsp3) is 0.444. The monoisotopic (exact) mass is 210 g/mol. The summed E-state index contributed by atoms with van der Waals surface area (Å²) >= 11 is 0. The number of hydrogen-bond donors (Lipinski definition) is 0. The SMILES string of the molecule is CN(C)c1ccc(N(C)C)c([N+](=O)[O-])n1. The fourth-order valence-corrected chi connectivity index (χ4v) is 1.16. The number of rotatable bonds is 3. The molecular weight excluding hydrogens is 196 g/mol. The van der Waals surface area contributed by atoms with E-state index < -0.39 is 4.92 Å². The Labute approximate surface area is 88.3 Å². The third-order valence-electron chi connectivity index (χ3n) is 1.95. The molecule has 1 aromatic rings. The summed E-state index contributed by atoms with van der Waals surface area (Å²) in [5.74, 6) is 0.457. The van der Waals surface area contributed by atoms with Crippen molar-refractivity contribution in [3.63, 3.8) is 0 Å².